The second-order valence-corrected chi connectivity index (χ2v) is 8.89. The SMILES string of the molecule is O=Cc1c(-c2ncc(F)cn2)cccc1N1[C@H](CF)[C@@H]2CC[C@H]1[C@H](Oc1ccc(C(F)(F)F)cn1)C2. The number of rotatable bonds is 6. The van der Waals surface area contributed by atoms with Gasteiger partial charge in [0.05, 0.1) is 30.0 Å². The molecule has 4 atom stereocenters. The number of anilines is 1. The predicted molar refractivity (Wildman–Crippen MR) is 120 cm³/mol. The Morgan fingerprint density at radius 2 is 1.83 bits per heavy atom. The van der Waals surface area contributed by atoms with E-state index in [2.05, 4.69) is 15.0 Å². The number of hydrogen-bond acceptors (Lipinski definition) is 6. The summed E-state index contributed by atoms with van der Waals surface area (Å²) >= 11 is 0. The van der Waals surface area contributed by atoms with E-state index >= 15 is 0 Å². The summed E-state index contributed by atoms with van der Waals surface area (Å²) in [6.07, 6.45) is 0.282. The molecule has 2 aliphatic heterocycles. The highest BCUT2D eigenvalue weighted by atomic mass is 19.4. The zero-order valence-electron chi connectivity index (χ0n) is 18.8. The highest BCUT2D eigenvalue weighted by molar-refractivity contribution is 5.93. The number of hydrogen-bond donors (Lipinski definition) is 0. The van der Waals surface area contributed by atoms with Crippen LogP contribution in [0.2, 0.25) is 0 Å². The van der Waals surface area contributed by atoms with Crippen molar-refractivity contribution < 1.29 is 31.5 Å². The molecule has 1 saturated carbocycles. The molecule has 3 aromatic rings. The van der Waals surface area contributed by atoms with Gasteiger partial charge in [-0.1, -0.05) is 12.1 Å². The lowest BCUT2D eigenvalue weighted by molar-refractivity contribution is -0.137. The van der Waals surface area contributed by atoms with Gasteiger partial charge in [0.25, 0.3) is 0 Å². The van der Waals surface area contributed by atoms with Crippen molar-refractivity contribution >= 4 is 12.0 Å². The van der Waals surface area contributed by atoms with Gasteiger partial charge in [-0.2, -0.15) is 13.2 Å². The lowest BCUT2D eigenvalue weighted by atomic mass is 9.72. The fraction of sp³-hybridized carbons (Fsp3) is 0.360. The van der Waals surface area contributed by atoms with Crippen molar-refractivity contribution in [2.45, 2.75) is 43.6 Å². The summed E-state index contributed by atoms with van der Waals surface area (Å²) in [5.41, 5.74) is 0.209. The smallest absolute Gasteiger partial charge is 0.417 e. The number of aromatic nitrogens is 3. The Labute approximate surface area is 203 Å². The van der Waals surface area contributed by atoms with E-state index < -0.39 is 36.4 Å². The van der Waals surface area contributed by atoms with Gasteiger partial charge >= 0.3 is 6.18 Å². The van der Waals surface area contributed by atoms with Crippen LogP contribution < -0.4 is 9.64 Å². The van der Waals surface area contributed by atoms with Crippen molar-refractivity contribution in [3.8, 4) is 17.3 Å². The van der Waals surface area contributed by atoms with Crippen LogP contribution >= 0.6 is 0 Å². The molecule has 2 aromatic heterocycles. The fourth-order valence-corrected chi connectivity index (χ4v) is 5.29. The number of aldehydes is 1. The number of pyridine rings is 1. The molecule has 0 amide bonds. The molecular weight excluding hydrogens is 483 g/mol. The Morgan fingerprint density at radius 3 is 2.47 bits per heavy atom. The van der Waals surface area contributed by atoms with E-state index in [9.17, 15) is 26.7 Å². The normalized spacial score (nSPS) is 23.5. The van der Waals surface area contributed by atoms with Gasteiger partial charge in [-0.15, -0.1) is 0 Å². The summed E-state index contributed by atoms with van der Waals surface area (Å²) < 4.78 is 72.3. The Morgan fingerprint density at radius 1 is 1.06 bits per heavy atom. The number of benzene rings is 1. The summed E-state index contributed by atoms with van der Waals surface area (Å²) in [5, 5.41) is 0. The molecule has 2 bridgehead atoms. The number of alkyl halides is 4. The van der Waals surface area contributed by atoms with Crippen molar-refractivity contribution in [3.05, 3.63) is 65.9 Å². The van der Waals surface area contributed by atoms with E-state index in [4.69, 9.17) is 4.74 Å². The number of piperidine rings is 2. The van der Waals surface area contributed by atoms with Crippen LogP contribution in [0, 0.1) is 11.7 Å². The molecule has 0 radical (unpaired) electrons. The van der Waals surface area contributed by atoms with Crippen LogP contribution in [0.15, 0.2) is 48.9 Å². The van der Waals surface area contributed by atoms with Crippen LogP contribution in [-0.2, 0) is 6.18 Å². The number of nitrogens with zero attached hydrogens (tertiary/aromatic N) is 4. The maximum atomic E-state index is 14.3. The standard InChI is InChI=1S/C25H21F5N4O2/c26-9-21-14-4-6-20(22(8-14)36-23-7-5-15(10-31-23)25(28,29)30)34(21)19-3-1-2-17(18(19)13-35)24-32-11-16(27)12-33-24/h1-3,5,7,10-14,20-22H,4,6,8-9H2/t14-,20+,21-,22-/m1/s1. The molecule has 188 valence electrons. The highest BCUT2D eigenvalue weighted by Crippen LogP contribution is 2.45. The minimum Gasteiger partial charge on any atom is -0.472 e. The fourth-order valence-electron chi connectivity index (χ4n) is 5.29. The number of ether oxygens (including phenoxy) is 1. The summed E-state index contributed by atoms with van der Waals surface area (Å²) in [6, 6.07) is 6.25. The van der Waals surface area contributed by atoms with Gasteiger partial charge in [0, 0.05) is 29.1 Å². The van der Waals surface area contributed by atoms with Crippen LogP contribution in [0.5, 0.6) is 5.88 Å². The molecule has 3 aliphatic rings. The first-order valence-corrected chi connectivity index (χ1v) is 11.4. The molecule has 6 rings (SSSR count). The van der Waals surface area contributed by atoms with Crippen LogP contribution in [-0.4, -0.2) is 46.1 Å². The third-order valence-corrected chi connectivity index (χ3v) is 6.89. The first-order chi connectivity index (χ1) is 17.3. The minimum absolute atomic E-state index is 0.0429. The average Bonchev–Trinajstić information content (AvgIpc) is 2.88. The number of fused-ring (bicyclic) bond motifs is 3. The Balaban J connectivity index is 1.49. The third kappa shape index (κ3) is 4.38. The zero-order chi connectivity index (χ0) is 25.4. The van der Waals surface area contributed by atoms with Gasteiger partial charge in [-0.25, -0.2) is 23.7 Å². The number of halogens is 5. The van der Waals surface area contributed by atoms with Crippen molar-refractivity contribution in [1.82, 2.24) is 15.0 Å². The monoisotopic (exact) mass is 504 g/mol. The van der Waals surface area contributed by atoms with Crippen LogP contribution in [0.25, 0.3) is 11.4 Å². The van der Waals surface area contributed by atoms with Gasteiger partial charge in [-0.3, -0.25) is 4.79 Å². The summed E-state index contributed by atoms with van der Waals surface area (Å²) in [6.45, 7) is -0.651. The molecule has 36 heavy (non-hydrogen) atoms. The lowest BCUT2D eigenvalue weighted by Crippen LogP contribution is -2.63. The maximum absolute atomic E-state index is 14.3. The predicted octanol–water partition coefficient (Wildman–Crippen LogP) is 5.28. The van der Waals surface area contributed by atoms with Crippen molar-refractivity contribution in [2.75, 3.05) is 11.6 Å². The van der Waals surface area contributed by atoms with Crippen molar-refractivity contribution in [3.63, 3.8) is 0 Å². The van der Waals surface area contributed by atoms with E-state index in [0.29, 0.717) is 30.4 Å². The second kappa shape index (κ2) is 9.44. The Hall–Kier alpha value is -3.63. The maximum Gasteiger partial charge on any atom is 0.417 e. The molecule has 1 aromatic carbocycles. The molecule has 6 nitrogen and oxygen atoms in total. The molecule has 2 saturated heterocycles. The largest absolute Gasteiger partial charge is 0.472 e. The molecule has 0 unspecified atom stereocenters. The van der Waals surface area contributed by atoms with Crippen LogP contribution in [0.1, 0.15) is 35.2 Å². The minimum atomic E-state index is -4.51. The first kappa shape index (κ1) is 24.1. The Bertz CT molecular complexity index is 1240. The van der Waals surface area contributed by atoms with E-state index in [-0.39, 0.29) is 29.2 Å². The van der Waals surface area contributed by atoms with E-state index in [0.717, 1.165) is 31.1 Å². The van der Waals surface area contributed by atoms with Gasteiger partial charge in [0.2, 0.25) is 5.88 Å². The van der Waals surface area contributed by atoms with Crippen molar-refractivity contribution in [2.24, 2.45) is 5.92 Å². The molecule has 4 heterocycles. The third-order valence-electron chi connectivity index (χ3n) is 6.89. The van der Waals surface area contributed by atoms with E-state index in [1.807, 2.05) is 4.90 Å². The van der Waals surface area contributed by atoms with E-state index in [1.165, 1.54) is 6.07 Å². The van der Waals surface area contributed by atoms with Gasteiger partial charge in [0.1, 0.15) is 12.8 Å². The molecule has 1 aliphatic carbocycles. The molecular formula is C25H21F5N4O2. The second-order valence-electron chi connectivity index (χ2n) is 8.89. The summed E-state index contributed by atoms with van der Waals surface area (Å²) in [7, 11) is 0. The zero-order valence-corrected chi connectivity index (χ0v) is 18.8. The lowest BCUT2D eigenvalue weighted by Gasteiger charge is -2.55. The van der Waals surface area contributed by atoms with E-state index in [1.54, 1.807) is 18.2 Å². The highest BCUT2D eigenvalue weighted by Gasteiger charge is 2.49. The van der Waals surface area contributed by atoms with Gasteiger partial charge in [0.15, 0.2) is 17.9 Å². The average molecular weight is 504 g/mol. The number of carbonyl (C=O) groups is 1. The topological polar surface area (TPSA) is 68.2 Å². The summed E-state index contributed by atoms with van der Waals surface area (Å²) in [5.74, 6) is -0.516. The molecule has 3 fully saturated rings. The van der Waals surface area contributed by atoms with Gasteiger partial charge < -0.3 is 9.64 Å². The van der Waals surface area contributed by atoms with Crippen LogP contribution in [0.3, 0.4) is 0 Å². The summed E-state index contributed by atoms with van der Waals surface area (Å²) in [4.78, 5) is 25.8. The molecule has 0 N–H and O–H groups in total. The van der Waals surface area contributed by atoms with Crippen molar-refractivity contribution in [1.29, 1.82) is 0 Å². The Kier molecular flexibility index (Phi) is 6.31. The quantitative estimate of drug-likeness (QED) is 0.336. The first-order valence-electron chi connectivity index (χ1n) is 11.4. The van der Waals surface area contributed by atoms with Crippen LogP contribution in [0.4, 0.5) is 27.6 Å². The number of carbonyl (C=O) groups excluding carboxylic acids is 1. The molecule has 11 heteroatoms. The van der Waals surface area contributed by atoms with Gasteiger partial charge in [-0.05, 0) is 37.3 Å². The molecule has 0 spiro atoms.